The third-order valence-corrected chi connectivity index (χ3v) is 12.9. The lowest BCUT2D eigenvalue weighted by molar-refractivity contribution is -0.142. The monoisotopic (exact) mass is 991 g/mol. The first kappa shape index (κ1) is 50.2. The van der Waals surface area contributed by atoms with Gasteiger partial charge in [-0.2, -0.15) is 0 Å². The molecule has 3 atom stereocenters. The molecule has 3 heterocycles. The van der Waals surface area contributed by atoms with Crippen molar-refractivity contribution in [3.8, 4) is 0 Å². The fourth-order valence-corrected chi connectivity index (χ4v) is 9.20. The summed E-state index contributed by atoms with van der Waals surface area (Å²) in [6.45, 7) is 3.77. The van der Waals surface area contributed by atoms with Crippen molar-refractivity contribution >= 4 is 80.1 Å². The van der Waals surface area contributed by atoms with Crippen LogP contribution >= 0.6 is 39.3 Å². The van der Waals surface area contributed by atoms with E-state index in [0.29, 0.717) is 41.4 Å². The van der Waals surface area contributed by atoms with Gasteiger partial charge in [0.25, 0.3) is 6.43 Å². The molecule has 0 spiro atoms. The molecule has 4 amide bonds. The molecule has 0 saturated heterocycles. The Hall–Kier alpha value is -4.82. The van der Waals surface area contributed by atoms with Crippen molar-refractivity contribution in [1.82, 2.24) is 35.3 Å². The number of pyridine rings is 1. The molecule has 1 aliphatic rings. The summed E-state index contributed by atoms with van der Waals surface area (Å²) in [4.78, 5) is 76.2. The van der Waals surface area contributed by atoms with Gasteiger partial charge in [-0.05, 0) is 88.3 Å². The molecule has 5 N–H and O–H groups in total. The number of ether oxygens (including phenoxy) is 1. The van der Waals surface area contributed by atoms with E-state index in [1.165, 1.54) is 29.9 Å². The normalized spacial score (nSPS) is 17.9. The first-order valence-electron chi connectivity index (χ1n) is 20.7. The van der Waals surface area contributed by atoms with Gasteiger partial charge < -0.3 is 40.7 Å². The largest absolute Gasteiger partial charge is 0.464 e. The standard InChI is InChI=1S/C44H53BrClF2N7O8S/c1-44(2,3)63-43(62)54(25-36(47)48)19-8-7-13-33-41(59)53(4)35(21-27-24-55(42(60)61)34-15-6-5-12-28(27)34)39(58)51-23-29-30(45)16-17-31(46)37(29)64-40-26(11-9-18-49-40)22-50-32(14-10-20-56)38(57)52-33/h5-6,9,11-12,15-18,24,32-33,35-36,50,56H,7-8,10,13-14,19-23,25H2,1-4H3,(H,51,58)(H,52,57)(H,60,61)/t32-,33-,35-/m0/s1. The minimum Gasteiger partial charge on any atom is -0.464 e. The highest BCUT2D eigenvalue weighted by Gasteiger charge is 2.35. The van der Waals surface area contributed by atoms with Crippen LogP contribution in [0.5, 0.6) is 0 Å². The van der Waals surface area contributed by atoms with Gasteiger partial charge in [0.05, 0.1) is 23.1 Å². The molecule has 0 saturated carbocycles. The number of amides is 4. The number of fused-ring (bicyclic) bond motifs is 3. The van der Waals surface area contributed by atoms with Gasteiger partial charge in [-0.25, -0.2) is 23.4 Å². The van der Waals surface area contributed by atoms with E-state index in [0.717, 1.165) is 15.0 Å². The zero-order valence-electron chi connectivity index (χ0n) is 35.9. The minimum atomic E-state index is -2.83. The lowest BCUT2D eigenvalue weighted by atomic mass is 10.0. The highest BCUT2D eigenvalue weighted by Crippen LogP contribution is 2.40. The Labute approximate surface area is 387 Å². The zero-order chi connectivity index (χ0) is 46.7. The molecule has 2 aromatic heterocycles. The third kappa shape index (κ3) is 13.4. The summed E-state index contributed by atoms with van der Waals surface area (Å²) in [5.74, 6) is -1.83. The third-order valence-electron chi connectivity index (χ3n) is 10.5. The number of hydrogen-bond donors (Lipinski definition) is 5. The molecule has 15 nitrogen and oxygen atoms in total. The summed E-state index contributed by atoms with van der Waals surface area (Å²) in [5.41, 5.74) is 1.24. The maximum absolute atomic E-state index is 14.8. The highest BCUT2D eigenvalue weighted by molar-refractivity contribution is 9.10. The number of para-hydroxylation sites is 1. The van der Waals surface area contributed by atoms with Gasteiger partial charge in [0.1, 0.15) is 22.7 Å². The number of carbonyl (C=O) groups excluding carboxylic acids is 4. The van der Waals surface area contributed by atoms with Crippen LogP contribution in [-0.2, 0) is 38.6 Å². The van der Waals surface area contributed by atoms with Crippen LogP contribution in [0.2, 0.25) is 5.02 Å². The Balaban J connectivity index is 1.56. The summed E-state index contributed by atoms with van der Waals surface area (Å²) in [5, 5.41) is 30.4. The fraction of sp³-hybridized carbons (Fsp3) is 0.455. The zero-order valence-corrected chi connectivity index (χ0v) is 39.1. The van der Waals surface area contributed by atoms with Crippen LogP contribution in [0.25, 0.3) is 10.9 Å². The number of rotatable bonds is 12. The van der Waals surface area contributed by atoms with Crippen LogP contribution in [0.15, 0.2) is 75.3 Å². The first-order valence-corrected chi connectivity index (χ1v) is 22.7. The quantitative estimate of drug-likeness (QED) is 0.0900. The second-order valence-electron chi connectivity index (χ2n) is 16.3. The Bertz CT molecular complexity index is 2320. The molecule has 5 rings (SSSR count). The molecule has 0 unspecified atom stereocenters. The van der Waals surface area contributed by atoms with Crippen molar-refractivity contribution in [2.24, 2.45) is 0 Å². The number of unbranched alkanes of at least 4 members (excludes halogenated alkanes) is 1. The first-order chi connectivity index (χ1) is 30.4. The molecule has 0 fully saturated rings. The SMILES string of the molecule is CN1C(=O)[C@H](CCCCN(CC(F)F)C(=O)OC(C)(C)C)NC(=O)[C@H](CCCO)NCc2cccnc2Sc2c(Cl)ccc(Br)c2CNC(=O)[C@@H]1Cc1cn(C(=O)O)c2ccccc12. The van der Waals surface area contributed by atoms with E-state index in [4.69, 9.17) is 16.3 Å². The maximum Gasteiger partial charge on any atom is 0.416 e. The minimum absolute atomic E-state index is 0.0205. The molecule has 0 radical (unpaired) electrons. The number of alkyl halides is 2. The smallest absolute Gasteiger partial charge is 0.416 e. The molecule has 0 bridgehead atoms. The number of aliphatic hydroxyl groups excluding tert-OH is 1. The van der Waals surface area contributed by atoms with Crippen LogP contribution in [0.1, 0.15) is 69.6 Å². The van der Waals surface area contributed by atoms with Crippen molar-refractivity contribution in [1.29, 1.82) is 0 Å². The fourth-order valence-electron chi connectivity index (χ4n) is 7.26. The predicted molar refractivity (Wildman–Crippen MR) is 242 cm³/mol. The van der Waals surface area contributed by atoms with Gasteiger partial charge in [-0.1, -0.05) is 63.6 Å². The molecule has 346 valence electrons. The Morgan fingerprint density at radius 3 is 2.47 bits per heavy atom. The maximum atomic E-state index is 14.8. The van der Waals surface area contributed by atoms with Gasteiger partial charge in [0.15, 0.2) is 0 Å². The van der Waals surface area contributed by atoms with Crippen molar-refractivity contribution in [2.75, 3.05) is 26.7 Å². The number of hydrogen-bond acceptors (Lipinski definition) is 10. The number of nitrogens with one attached hydrogen (secondary N) is 3. The average molecular weight is 993 g/mol. The van der Waals surface area contributed by atoms with Crippen molar-refractivity contribution in [2.45, 2.75) is 112 Å². The van der Waals surface area contributed by atoms with Crippen LogP contribution in [-0.4, -0.2) is 116 Å². The average Bonchev–Trinajstić information content (AvgIpc) is 3.61. The van der Waals surface area contributed by atoms with Gasteiger partial charge >= 0.3 is 12.2 Å². The molecule has 0 aliphatic carbocycles. The number of nitrogens with zero attached hydrogens (tertiary/aromatic N) is 4. The molecular weight excluding hydrogens is 940 g/mol. The van der Waals surface area contributed by atoms with Gasteiger partial charge in [-0.3, -0.25) is 19.0 Å². The number of aliphatic hydroxyl groups is 1. The number of benzene rings is 2. The van der Waals surface area contributed by atoms with Gasteiger partial charge in [0.2, 0.25) is 17.7 Å². The Kier molecular flexibility index (Phi) is 17.9. The molecule has 64 heavy (non-hydrogen) atoms. The second kappa shape index (κ2) is 22.9. The number of likely N-dealkylation sites (N-methyl/N-ethyl adjacent to an activating group) is 1. The van der Waals surface area contributed by atoms with Crippen LogP contribution in [0, 0.1) is 0 Å². The van der Waals surface area contributed by atoms with Crippen molar-refractivity contribution in [3.63, 3.8) is 0 Å². The summed E-state index contributed by atoms with van der Waals surface area (Å²) < 4.78 is 34.2. The molecule has 1 aliphatic heterocycles. The molecule has 2 aromatic carbocycles. The number of aromatic nitrogens is 2. The van der Waals surface area contributed by atoms with E-state index in [9.17, 15) is 43.0 Å². The lowest BCUT2D eigenvalue weighted by Gasteiger charge is -2.32. The predicted octanol–water partition coefficient (Wildman–Crippen LogP) is 7.22. The lowest BCUT2D eigenvalue weighted by Crippen LogP contribution is -2.57. The van der Waals surface area contributed by atoms with Crippen LogP contribution in [0.4, 0.5) is 18.4 Å². The van der Waals surface area contributed by atoms with Crippen molar-refractivity contribution < 1.29 is 47.7 Å². The second-order valence-corrected chi connectivity index (χ2v) is 18.6. The van der Waals surface area contributed by atoms with E-state index < -0.39 is 66.6 Å². The molecular formula is C44H53BrClF2N7O8S. The number of carboxylic acid groups (broad SMARTS) is 1. The highest BCUT2D eigenvalue weighted by atomic mass is 79.9. The number of halogens is 4. The van der Waals surface area contributed by atoms with E-state index in [2.05, 4.69) is 36.9 Å². The summed E-state index contributed by atoms with van der Waals surface area (Å²) in [6.07, 6.45) is -1.38. The van der Waals surface area contributed by atoms with Gasteiger partial charge in [0, 0.05) is 72.4 Å². The van der Waals surface area contributed by atoms with E-state index in [1.54, 1.807) is 69.4 Å². The number of carbonyl (C=O) groups is 5. The summed E-state index contributed by atoms with van der Waals surface area (Å²) in [7, 11) is 1.42. The van der Waals surface area contributed by atoms with E-state index in [-0.39, 0.29) is 64.8 Å². The molecule has 4 aromatic rings. The summed E-state index contributed by atoms with van der Waals surface area (Å²) >= 11 is 11.7. The molecule has 20 heteroatoms. The Morgan fingerprint density at radius 2 is 1.77 bits per heavy atom. The van der Waals surface area contributed by atoms with Gasteiger partial charge in [-0.15, -0.1) is 0 Å². The topological polar surface area (TPSA) is 195 Å². The van der Waals surface area contributed by atoms with Crippen LogP contribution in [0.3, 0.4) is 0 Å². The van der Waals surface area contributed by atoms with Crippen LogP contribution < -0.4 is 16.0 Å². The van der Waals surface area contributed by atoms with E-state index in [1.807, 2.05) is 6.07 Å². The Morgan fingerprint density at radius 1 is 1.03 bits per heavy atom. The van der Waals surface area contributed by atoms with Crippen molar-refractivity contribution in [3.05, 3.63) is 87.1 Å². The summed E-state index contributed by atoms with van der Waals surface area (Å²) in [6, 6.07) is 10.4. The van der Waals surface area contributed by atoms with E-state index >= 15 is 0 Å².